The van der Waals surface area contributed by atoms with Crippen LogP contribution in [-0.2, 0) is 4.79 Å². The Hall–Kier alpha value is -1.95. The zero-order chi connectivity index (χ0) is 12.1. The van der Waals surface area contributed by atoms with Gasteiger partial charge in [-0.25, -0.2) is 0 Å². The summed E-state index contributed by atoms with van der Waals surface area (Å²) in [4.78, 5) is 37.1. The first kappa shape index (κ1) is 12.1. The maximum Gasteiger partial charge on any atom is 0.276 e. The van der Waals surface area contributed by atoms with Crippen LogP contribution in [0.3, 0.4) is 0 Å². The summed E-state index contributed by atoms with van der Waals surface area (Å²) in [7, 11) is 0. The van der Waals surface area contributed by atoms with Gasteiger partial charge in [-0.2, -0.15) is 0 Å². The van der Waals surface area contributed by atoms with Crippen LogP contribution >= 0.6 is 0 Å². The molecule has 16 heavy (non-hydrogen) atoms. The van der Waals surface area contributed by atoms with Crippen LogP contribution in [-0.4, -0.2) is 41.1 Å². The Morgan fingerprint density at radius 3 is 2.62 bits per heavy atom. The Morgan fingerprint density at radius 2 is 2.19 bits per heavy atom. The average Bonchev–Trinajstić information content (AvgIpc) is 2.73. The molecule has 0 atom stereocenters. The number of nitrogens with two attached hydrogens (primary N) is 1. The molecular formula is C10H13N3O3. The quantitative estimate of drug-likeness (QED) is 0.689. The predicted octanol–water partition coefficient (Wildman–Crippen LogP) is -0.225. The second-order valence-corrected chi connectivity index (χ2v) is 3.21. The monoisotopic (exact) mass is 223 g/mol. The summed E-state index contributed by atoms with van der Waals surface area (Å²) < 4.78 is 0. The molecule has 86 valence electrons. The average molecular weight is 223 g/mol. The van der Waals surface area contributed by atoms with Crippen molar-refractivity contribution in [3.05, 3.63) is 23.5 Å². The van der Waals surface area contributed by atoms with Crippen LogP contribution in [0.1, 0.15) is 27.9 Å². The van der Waals surface area contributed by atoms with E-state index in [1.807, 2.05) is 0 Å². The normalized spacial score (nSPS) is 9.88. The number of carbonyl (C=O) groups is 3. The number of carbonyl (C=O) groups excluding carboxylic acids is 3. The minimum Gasteiger partial charge on any atom is -0.348 e. The lowest BCUT2D eigenvalue weighted by Gasteiger charge is -2.16. The number of hydrogen-bond acceptors (Lipinski definition) is 4. The number of aromatic amines is 1. The van der Waals surface area contributed by atoms with Crippen LogP contribution in [0.15, 0.2) is 12.1 Å². The highest BCUT2D eigenvalue weighted by Gasteiger charge is 2.19. The van der Waals surface area contributed by atoms with Crippen LogP contribution < -0.4 is 5.73 Å². The summed E-state index contributed by atoms with van der Waals surface area (Å²) >= 11 is 0. The Kier molecular flexibility index (Phi) is 3.96. The van der Waals surface area contributed by atoms with Crippen LogP contribution in [0.4, 0.5) is 0 Å². The molecule has 0 aliphatic heterocycles. The molecule has 3 N–H and O–H groups in total. The molecule has 0 fully saturated rings. The number of nitrogens with one attached hydrogen (secondary N) is 1. The van der Waals surface area contributed by atoms with Crippen molar-refractivity contribution in [2.75, 3.05) is 13.1 Å². The second-order valence-electron chi connectivity index (χ2n) is 3.21. The molecule has 6 heteroatoms. The molecule has 0 saturated carbocycles. The molecule has 0 aromatic carbocycles. The highest BCUT2D eigenvalue weighted by atomic mass is 16.2. The number of imide groups is 1. The summed E-state index contributed by atoms with van der Waals surface area (Å²) in [5, 5.41) is 0. The molecule has 1 rings (SSSR count). The molecule has 0 spiro atoms. The molecule has 0 unspecified atom stereocenters. The highest BCUT2D eigenvalue weighted by molar-refractivity contribution is 6.03. The first-order valence-corrected chi connectivity index (χ1v) is 4.76. The number of aromatic nitrogens is 1. The van der Waals surface area contributed by atoms with Gasteiger partial charge in [-0.3, -0.25) is 19.3 Å². The van der Waals surface area contributed by atoms with Gasteiger partial charge < -0.3 is 10.7 Å². The van der Waals surface area contributed by atoms with Gasteiger partial charge in [0.25, 0.3) is 5.91 Å². The van der Waals surface area contributed by atoms with E-state index in [4.69, 9.17) is 5.73 Å². The Morgan fingerprint density at radius 1 is 1.50 bits per heavy atom. The molecular weight excluding hydrogens is 210 g/mol. The predicted molar refractivity (Wildman–Crippen MR) is 57.0 cm³/mol. The van der Waals surface area contributed by atoms with E-state index in [0.29, 0.717) is 12.0 Å². The summed E-state index contributed by atoms with van der Waals surface area (Å²) in [6.45, 7) is 1.65. The largest absolute Gasteiger partial charge is 0.348 e. The van der Waals surface area contributed by atoms with Crippen LogP contribution in [0.25, 0.3) is 0 Å². The molecule has 1 heterocycles. The first-order chi connectivity index (χ1) is 7.60. The van der Waals surface area contributed by atoms with Gasteiger partial charge in [0.1, 0.15) is 5.69 Å². The third-order valence-electron chi connectivity index (χ3n) is 2.04. The van der Waals surface area contributed by atoms with Crippen molar-refractivity contribution in [1.82, 2.24) is 9.88 Å². The van der Waals surface area contributed by atoms with Crippen molar-refractivity contribution >= 4 is 18.1 Å². The number of hydrogen-bond donors (Lipinski definition) is 2. The van der Waals surface area contributed by atoms with Crippen molar-refractivity contribution in [3.8, 4) is 0 Å². The lowest BCUT2D eigenvalue weighted by atomic mass is 10.3. The lowest BCUT2D eigenvalue weighted by Crippen LogP contribution is -2.39. The topological polar surface area (TPSA) is 96.3 Å². The van der Waals surface area contributed by atoms with E-state index < -0.39 is 5.91 Å². The molecule has 2 amide bonds. The van der Waals surface area contributed by atoms with Gasteiger partial charge in [0, 0.05) is 20.0 Å². The standard InChI is InChI=1S/C10H13N3O3/c1-7(15)13(5-4-11)10(16)9-3-2-8(6-14)12-9/h2-3,6,12H,4-5,11H2,1H3. The lowest BCUT2D eigenvalue weighted by molar-refractivity contribution is -0.126. The maximum atomic E-state index is 11.8. The molecule has 6 nitrogen and oxygen atoms in total. The Balaban J connectivity index is 2.89. The Labute approximate surface area is 92.4 Å². The van der Waals surface area contributed by atoms with E-state index >= 15 is 0 Å². The smallest absolute Gasteiger partial charge is 0.276 e. The fourth-order valence-electron chi connectivity index (χ4n) is 1.28. The van der Waals surface area contributed by atoms with E-state index in [1.54, 1.807) is 0 Å². The molecule has 1 aromatic heterocycles. The molecule has 1 aromatic rings. The number of rotatable bonds is 4. The second kappa shape index (κ2) is 5.22. The van der Waals surface area contributed by atoms with Gasteiger partial charge in [0.2, 0.25) is 5.91 Å². The summed E-state index contributed by atoms with van der Waals surface area (Å²) in [5.74, 6) is -0.858. The van der Waals surface area contributed by atoms with Gasteiger partial charge in [-0.05, 0) is 12.1 Å². The molecule has 0 saturated heterocycles. The zero-order valence-electron chi connectivity index (χ0n) is 8.90. The number of aldehydes is 1. The summed E-state index contributed by atoms with van der Waals surface area (Å²) in [5.41, 5.74) is 5.79. The van der Waals surface area contributed by atoms with E-state index in [0.717, 1.165) is 4.90 Å². The minimum absolute atomic E-state index is 0.156. The van der Waals surface area contributed by atoms with Crippen molar-refractivity contribution < 1.29 is 14.4 Å². The molecule has 0 radical (unpaired) electrons. The fraction of sp³-hybridized carbons (Fsp3) is 0.300. The number of nitrogens with zero attached hydrogens (tertiary/aromatic N) is 1. The van der Waals surface area contributed by atoms with Crippen molar-refractivity contribution in [3.63, 3.8) is 0 Å². The SMILES string of the molecule is CC(=O)N(CCN)C(=O)c1ccc(C=O)[nH]1. The van der Waals surface area contributed by atoms with Crippen LogP contribution in [0.5, 0.6) is 0 Å². The molecule has 0 aliphatic rings. The summed E-state index contributed by atoms with van der Waals surface area (Å²) in [6, 6.07) is 2.93. The van der Waals surface area contributed by atoms with Gasteiger partial charge >= 0.3 is 0 Å². The Bertz CT molecular complexity index is 411. The molecule has 0 aliphatic carbocycles. The van der Waals surface area contributed by atoms with Gasteiger partial charge in [0.05, 0.1) is 5.69 Å². The third-order valence-corrected chi connectivity index (χ3v) is 2.04. The highest BCUT2D eigenvalue weighted by Crippen LogP contribution is 2.04. The third kappa shape index (κ3) is 2.54. The van der Waals surface area contributed by atoms with E-state index in [-0.39, 0.29) is 24.7 Å². The van der Waals surface area contributed by atoms with Gasteiger partial charge in [0.15, 0.2) is 6.29 Å². The number of amides is 2. The summed E-state index contributed by atoms with van der Waals surface area (Å²) in [6.07, 6.45) is 0.595. The van der Waals surface area contributed by atoms with E-state index in [1.165, 1.54) is 19.1 Å². The zero-order valence-corrected chi connectivity index (χ0v) is 8.90. The van der Waals surface area contributed by atoms with Crippen LogP contribution in [0.2, 0.25) is 0 Å². The van der Waals surface area contributed by atoms with E-state index in [2.05, 4.69) is 4.98 Å². The molecule has 0 bridgehead atoms. The fourth-order valence-corrected chi connectivity index (χ4v) is 1.28. The number of H-pyrrole nitrogens is 1. The maximum absolute atomic E-state index is 11.8. The van der Waals surface area contributed by atoms with E-state index in [9.17, 15) is 14.4 Å². The van der Waals surface area contributed by atoms with Gasteiger partial charge in [-0.15, -0.1) is 0 Å². The van der Waals surface area contributed by atoms with Crippen LogP contribution in [0, 0.1) is 0 Å². The van der Waals surface area contributed by atoms with Crippen molar-refractivity contribution in [2.24, 2.45) is 5.73 Å². The van der Waals surface area contributed by atoms with Gasteiger partial charge in [-0.1, -0.05) is 0 Å². The first-order valence-electron chi connectivity index (χ1n) is 4.76. The van der Waals surface area contributed by atoms with Crippen molar-refractivity contribution in [2.45, 2.75) is 6.92 Å². The minimum atomic E-state index is -0.481. The van der Waals surface area contributed by atoms with Crippen molar-refractivity contribution in [1.29, 1.82) is 0 Å².